The highest BCUT2D eigenvalue weighted by molar-refractivity contribution is 6.09. The molecule has 63 heavy (non-hydrogen) atoms. The van der Waals surface area contributed by atoms with Crippen molar-refractivity contribution in [2.45, 2.75) is 5.41 Å². The molecule has 0 N–H and O–H groups in total. The van der Waals surface area contributed by atoms with Gasteiger partial charge in [0, 0.05) is 33.5 Å². The van der Waals surface area contributed by atoms with Gasteiger partial charge in [0.05, 0.1) is 16.4 Å². The van der Waals surface area contributed by atoms with Gasteiger partial charge in [0.1, 0.15) is 0 Å². The molecule has 0 bridgehead atoms. The molecule has 0 atom stereocenters. The van der Waals surface area contributed by atoms with Crippen molar-refractivity contribution in [3.63, 3.8) is 0 Å². The van der Waals surface area contributed by atoms with Crippen LogP contribution in [0.15, 0.2) is 255 Å². The number of benzene rings is 10. The van der Waals surface area contributed by atoms with Gasteiger partial charge in [0.15, 0.2) is 0 Å². The molecule has 296 valence electrons. The standard InChI is InChI=1S/C61H42N2/c1-3-17-43(18-4-1)45-19-15-20-46(41-45)44-33-35-49(36-34-44)62(50-37-39-51(40-38-50)63-59-31-13-9-27-55(59)56-28-10-14-32-60(56)63)52-24-16-23-48(42-52)61(47-21-5-2-6-22-47)57-29-11-7-25-53(57)54-26-8-12-30-58(54)61/h1-42H. The largest absolute Gasteiger partial charge is 0.310 e. The minimum Gasteiger partial charge on any atom is -0.310 e. The highest BCUT2D eigenvalue weighted by atomic mass is 15.1. The topological polar surface area (TPSA) is 8.17 Å². The molecule has 1 aliphatic carbocycles. The van der Waals surface area contributed by atoms with Gasteiger partial charge in [0.2, 0.25) is 0 Å². The number of nitrogens with zero attached hydrogens (tertiary/aromatic N) is 2. The molecule has 1 aromatic heterocycles. The third-order valence-corrected chi connectivity index (χ3v) is 13.1. The second-order valence-electron chi connectivity index (χ2n) is 16.5. The van der Waals surface area contributed by atoms with Crippen molar-refractivity contribution in [3.05, 3.63) is 277 Å². The van der Waals surface area contributed by atoms with Gasteiger partial charge in [-0.25, -0.2) is 0 Å². The number of hydrogen-bond donors (Lipinski definition) is 0. The fourth-order valence-corrected chi connectivity index (χ4v) is 10.3. The van der Waals surface area contributed by atoms with E-state index in [1.807, 2.05) is 0 Å². The highest BCUT2D eigenvalue weighted by Crippen LogP contribution is 2.56. The first-order valence-electron chi connectivity index (χ1n) is 21.8. The van der Waals surface area contributed by atoms with Gasteiger partial charge in [0.25, 0.3) is 0 Å². The lowest BCUT2D eigenvalue weighted by Crippen LogP contribution is -2.28. The van der Waals surface area contributed by atoms with Gasteiger partial charge in [-0.1, -0.05) is 188 Å². The van der Waals surface area contributed by atoms with Crippen LogP contribution in [0.3, 0.4) is 0 Å². The Morgan fingerprint density at radius 2 is 0.762 bits per heavy atom. The molecule has 10 aromatic carbocycles. The molecule has 0 saturated carbocycles. The Labute approximate surface area is 368 Å². The summed E-state index contributed by atoms with van der Waals surface area (Å²) in [5.41, 5.74) is 18.7. The smallest absolute Gasteiger partial charge is 0.0714 e. The van der Waals surface area contributed by atoms with E-state index in [0.717, 1.165) is 22.7 Å². The van der Waals surface area contributed by atoms with Gasteiger partial charge >= 0.3 is 0 Å². The Morgan fingerprint density at radius 3 is 1.38 bits per heavy atom. The van der Waals surface area contributed by atoms with E-state index in [1.165, 1.54) is 77.4 Å². The maximum atomic E-state index is 2.42. The van der Waals surface area contributed by atoms with Crippen LogP contribution in [0.25, 0.3) is 60.9 Å². The molecule has 0 saturated heterocycles. The number of fused-ring (bicyclic) bond motifs is 6. The van der Waals surface area contributed by atoms with Crippen molar-refractivity contribution >= 4 is 38.9 Å². The summed E-state index contributed by atoms with van der Waals surface area (Å²) in [6.45, 7) is 0. The Kier molecular flexibility index (Phi) is 8.76. The lowest BCUT2D eigenvalue weighted by Gasteiger charge is -2.35. The average Bonchev–Trinajstić information content (AvgIpc) is 3.86. The molecule has 0 amide bonds. The lowest BCUT2D eigenvalue weighted by atomic mass is 9.67. The van der Waals surface area contributed by atoms with Crippen LogP contribution < -0.4 is 4.90 Å². The predicted octanol–water partition coefficient (Wildman–Crippen LogP) is 16.0. The number of rotatable bonds is 8. The van der Waals surface area contributed by atoms with Gasteiger partial charge in [-0.05, 0) is 122 Å². The molecule has 2 heteroatoms. The first kappa shape index (κ1) is 36.6. The van der Waals surface area contributed by atoms with Crippen molar-refractivity contribution in [1.29, 1.82) is 0 Å². The summed E-state index contributed by atoms with van der Waals surface area (Å²) in [6, 6.07) is 93.2. The Morgan fingerprint density at radius 1 is 0.302 bits per heavy atom. The molecule has 0 aliphatic heterocycles. The van der Waals surface area contributed by atoms with Crippen LogP contribution in [0.2, 0.25) is 0 Å². The second-order valence-corrected chi connectivity index (χ2v) is 16.5. The van der Waals surface area contributed by atoms with E-state index in [9.17, 15) is 0 Å². The van der Waals surface area contributed by atoms with E-state index < -0.39 is 5.41 Å². The monoisotopic (exact) mass is 802 g/mol. The molecular weight excluding hydrogens is 761 g/mol. The molecule has 11 aromatic rings. The zero-order valence-corrected chi connectivity index (χ0v) is 34.6. The van der Waals surface area contributed by atoms with Crippen LogP contribution in [0, 0.1) is 0 Å². The number of hydrogen-bond acceptors (Lipinski definition) is 1. The third-order valence-electron chi connectivity index (χ3n) is 13.1. The van der Waals surface area contributed by atoms with Crippen molar-refractivity contribution in [1.82, 2.24) is 4.57 Å². The van der Waals surface area contributed by atoms with E-state index in [1.54, 1.807) is 0 Å². The summed E-state index contributed by atoms with van der Waals surface area (Å²) < 4.78 is 2.39. The van der Waals surface area contributed by atoms with Gasteiger partial charge in [-0.3, -0.25) is 0 Å². The van der Waals surface area contributed by atoms with E-state index in [4.69, 9.17) is 0 Å². The van der Waals surface area contributed by atoms with E-state index >= 15 is 0 Å². The molecule has 2 nitrogen and oxygen atoms in total. The van der Waals surface area contributed by atoms with E-state index in [2.05, 4.69) is 264 Å². The van der Waals surface area contributed by atoms with Crippen molar-refractivity contribution < 1.29 is 0 Å². The summed E-state index contributed by atoms with van der Waals surface area (Å²) in [5.74, 6) is 0. The predicted molar refractivity (Wildman–Crippen MR) is 264 cm³/mol. The molecule has 12 rings (SSSR count). The number of aromatic nitrogens is 1. The Balaban J connectivity index is 1.02. The molecule has 0 fully saturated rings. The van der Waals surface area contributed by atoms with Crippen LogP contribution in [0.4, 0.5) is 17.1 Å². The van der Waals surface area contributed by atoms with Crippen LogP contribution in [-0.2, 0) is 5.41 Å². The van der Waals surface area contributed by atoms with Gasteiger partial charge in [-0.2, -0.15) is 0 Å². The first-order chi connectivity index (χ1) is 31.3. The Hall–Kier alpha value is -8.20. The van der Waals surface area contributed by atoms with Crippen LogP contribution in [0.1, 0.15) is 22.3 Å². The third kappa shape index (κ3) is 5.95. The van der Waals surface area contributed by atoms with Crippen LogP contribution in [0.5, 0.6) is 0 Å². The second kappa shape index (κ2) is 15.1. The average molecular weight is 803 g/mol. The lowest BCUT2D eigenvalue weighted by molar-refractivity contribution is 0.768. The summed E-state index contributed by atoms with van der Waals surface area (Å²) in [6.07, 6.45) is 0. The molecule has 0 unspecified atom stereocenters. The number of para-hydroxylation sites is 2. The molecule has 1 aliphatic rings. The summed E-state index contributed by atoms with van der Waals surface area (Å²) in [7, 11) is 0. The minimum absolute atomic E-state index is 0.510. The summed E-state index contributed by atoms with van der Waals surface area (Å²) in [4.78, 5) is 2.41. The zero-order valence-electron chi connectivity index (χ0n) is 34.6. The van der Waals surface area contributed by atoms with Crippen LogP contribution in [-0.4, -0.2) is 4.57 Å². The van der Waals surface area contributed by atoms with Crippen LogP contribution >= 0.6 is 0 Å². The molecule has 0 spiro atoms. The SMILES string of the molecule is c1ccc(-c2cccc(-c3ccc(N(c4ccc(-n5c6ccccc6c6ccccc65)cc4)c4cccc(C5(c6ccccc6)c6ccccc6-c6ccccc65)c4)cc3)c2)cc1. The maximum absolute atomic E-state index is 2.42. The summed E-state index contributed by atoms with van der Waals surface area (Å²) in [5, 5.41) is 2.51. The fraction of sp³-hybridized carbons (Fsp3) is 0.0164. The minimum atomic E-state index is -0.510. The van der Waals surface area contributed by atoms with Gasteiger partial charge < -0.3 is 9.47 Å². The molecule has 1 heterocycles. The van der Waals surface area contributed by atoms with Gasteiger partial charge in [-0.15, -0.1) is 0 Å². The Bertz CT molecular complexity index is 3340. The molecular formula is C61H42N2. The maximum Gasteiger partial charge on any atom is 0.0714 e. The van der Waals surface area contributed by atoms with E-state index in [-0.39, 0.29) is 0 Å². The first-order valence-corrected chi connectivity index (χ1v) is 21.8. The normalized spacial score (nSPS) is 12.6. The van der Waals surface area contributed by atoms with Crippen molar-refractivity contribution in [2.24, 2.45) is 0 Å². The van der Waals surface area contributed by atoms with Crippen molar-refractivity contribution in [2.75, 3.05) is 4.90 Å². The molecule has 0 radical (unpaired) electrons. The highest BCUT2D eigenvalue weighted by Gasteiger charge is 2.46. The zero-order chi connectivity index (χ0) is 41.7. The van der Waals surface area contributed by atoms with Crippen molar-refractivity contribution in [3.8, 4) is 39.1 Å². The number of anilines is 3. The fourth-order valence-electron chi connectivity index (χ4n) is 10.3. The van der Waals surface area contributed by atoms with E-state index in [0.29, 0.717) is 0 Å². The quantitative estimate of drug-likeness (QED) is 0.149. The summed E-state index contributed by atoms with van der Waals surface area (Å²) >= 11 is 0.